The molecule has 1 saturated heterocycles. The maximum Gasteiger partial charge on any atom is 0.227 e. The summed E-state index contributed by atoms with van der Waals surface area (Å²) in [5.74, 6) is 2.01. The molecule has 0 bridgehead atoms. The number of piperidine rings is 1. The second-order valence-electron chi connectivity index (χ2n) is 5.87. The van der Waals surface area contributed by atoms with Gasteiger partial charge in [-0.2, -0.15) is 4.98 Å². The smallest absolute Gasteiger partial charge is 0.227 e. The van der Waals surface area contributed by atoms with Gasteiger partial charge in [-0.25, -0.2) is 0 Å². The summed E-state index contributed by atoms with van der Waals surface area (Å²) in [5, 5.41) is 9.16. The van der Waals surface area contributed by atoms with Crippen molar-refractivity contribution in [3.63, 3.8) is 0 Å². The summed E-state index contributed by atoms with van der Waals surface area (Å²) in [4.78, 5) is 19.6. The highest BCUT2D eigenvalue weighted by atomic mass is 35.5. The minimum Gasteiger partial charge on any atom is -0.343 e. The molecule has 0 aliphatic carbocycles. The summed E-state index contributed by atoms with van der Waals surface area (Å²) in [5.41, 5.74) is 0. The highest BCUT2D eigenvalue weighted by molar-refractivity contribution is 7.13. The van der Waals surface area contributed by atoms with Gasteiger partial charge in [0.1, 0.15) is 0 Å². The van der Waals surface area contributed by atoms with Gasteiger partial charge in [-0.05, 0) is 43.8 Å². The maximum atomic E-state index is 12.3. The Labute approximate surface area is 152 Å². The molecule has 1 fully saturated rings. The van der Waals surface area contributed by atoms with E-state index in [-0.39, 0.29) is 18.3 Å². The molecule has 132 valence electrons. The highest BCUT2D eigenvalue weighted by Crippen LogP contribution is 2.22. The van der Waals surface area contributed by atoms with Crippen LogP contribution in [0.3, 0.4) is 0 Å². The van der Waals surface area contributed by atoms with Gasteiger partial charge in [-0.1, -0.05) is 11.2 Å². The molecule has 0 spiro atoms. The first-order valence-corrected chi connectivity index (χ1v) is 8.93. The predicted molar refractivity (Wildman–Crippen MR) is 96.4 cm³/mol. The van der Waals surface area contributed by atoms with Gasteiger partial charge in [-0.3, -0.25) is 4.79 Å². The molecule has 1 aliphatic rings. The van der Waals surface area contributed by atoms with E-state index in [2.05, 4.69) is 15.5 Å². The summed E-state index contributed by atoms with van der Waals surface area (Å²) in [6.07, 6.45) is 3.10. The number of thiophene rings is 1. The lowest BCUT2D eigenvalue weighted by Gasteiger charge is -2.31. The number of halogens is 1. The van der Waals surface area contributed by atoms with Crippen LogP contribution in [0, 0.1) is 5.92 Å². The van der Waals surface area contributed by atoms with Crippen molar-refractivity contribution < 1.29 is 9.32 Å². The van der Waals surface area contributed by atoms with E-state index in [0.717, 1.165) is 37.4 Å². The Balaban J connectivity index is 0.00000208. The average molecular weight is 371 g/mol. The van der Waals surface area contributed by atoms with Gasteiger partial charge < -0.3 is 14.7 Å². The number of aromatic nitrogens is 2. The molecule has 1 amide bonds. The molecular weight excluding hydrogens is 348 g/mol. The van der Waals surface area contributed by atoms with Crippen LogP contribution in [0.4, 0.5) is 0 Å². The van der Waals surface area contributed by atoms with Gasteiger partial charge in [0.2, 0.25) is 17.6 Å². The molecule has 0 aromatic carbocycles. The van der Waals surface area contributed by atoms with E-state index >= 15 is 0 Å². The van der Waals surface area contributed by atoms with E-state index in [0.29, 0.717) is 30.5 Å². The van der Waals surface area contributed by atoms with Crippen LogP contribution in [0.1, 0.15) is 25.2 Å². The number of hydrogen-bond donors (Lipinski definition) is 1. The Bertz CT molecular complexity index is 624. The van der Waals surface area contributed by atoms with Crippen LogP contribution in [-0.4, -0.2) is 47.6 Å². The SMILES string of the molecule is CNCC1CCN(C(=O)CCc2nc(-c3cccs3)no2)CC1.Cl. The fourth-order valence-corrected chi connectivity index (χ4v) is 3.56. The average Bonchev–Trinajstić information content (AvgIpc) is 3.25. The van der Waals surface area contributed by atoms with E-state index in [9.17, 15) is 4.79 Å². The second kappa shape index (κ2) is 9.15. The van der Waals surface area contributed by atoms with Crippen LogP contribution >= 0.6 is 23.7 Å². The predicted octanol–water partition coefficient (Wildman–Crippen LogP) is 2.61. The fourth-order valence-electron chi connectivity index (χ4n) is 2.91. The summed E-state index contributed by atoms with van der Waals surface area (Å²) >= 11 is 1.58. The summed E-state index contributed by atoms with van der Waals surface area (Å²) in [6, 6.07) is 3.91. The van der Waals surface area contributed by atoms with Crippen LogP contribution in [-0.2, 0) is 11.2 Å². The minimum absolute atomic E-state index is 0. The molecular formula is C16H23ClN4O2S. The van der Waals surface area contributed by atoms with E-state index < -0.39 is 0 Å². The lowest BCUT2D eigenvalue weighted by molar-refractivity contribution is -0.132. The molecule has 0 unspecified atom stereocenters. The van der Waals surface area contributed by atoms with Gasteiger partial charge in [0.25, 0.3) is 0 Å². The molecule has 0 radical (unpaired) electrons. The summed E-state index contributed by atoms with van der Waals surface area (Å²) in [7, 11) is 1.98. The quantitative estimate of drug-likeness (QED) is 0.846. The zero-order chi connectivity index (χ0) is 16.1. The zero-order valence-corrected chi connectivity index (χ0v) is 15.4. The number of aryl methyl sites for hydroxylation is 1. The van der Waals surface area contributed by atoms with Crippen LogP contribution in [0.15, 0.2) is 22.0 Å². The van der Waals surface area contributed by atoms with Gasteiger partial charge in [-0.15, -0.1) is 23.7 Å². The molecule has 0 atom stereocenters. The number of hydrogen-bond acceptors (Lipinski definition) is 6. The maximum absolute atomic E-state index is 12.3. The third kappa shape index (κ3) is 4.78. The van der Waals surface area contributed by atoms with Crippen molar-refractivity contribution in [2.75, 3.05) is 26.7 Å². The van der Waals surface area contributed by atoms with Crippen LogP contribution in [0.2, 0.25) is 0 Å². The second-order valence-corrected chi connectivity index (χ2v) is 6.82. The standard InChI is InChI=1S/C16H22N4O2S.ClH/c1-17-11-12-6-8-20(9-7-12)15(21)5-4-14-18-16(19-22-14)13-3-2-10-23-13;/h2-3,10,12,17H,4-9,11H2,1H3;1H. The fraction of sp³-hybridized carbons (Fsp3) is 0.562. The van der Waals surface area contributed by atoms with Gasteiger partial charge >= 0.3 is 0 Å². The molecule has 3 rings (SSSR count). The van der Waals surface area contributed by atoms with Gasteiger partial charge in [0, 0.05) is 25.9 Å². The summed E-state index contributed by atoms with van der Waals surface area (Å²) < 4.78 is 5.24. The number of carbonyl (C=O) groups excluding carboxylic acids is 1. The molecule has 6 nitrogen and oxygen atoms in total. The minimum atomic E-state index is 0. The largest absolute Gasteiger partial charge is 0.343 e. The first-order chi connectivity index (χ1) is 11.3. The normalized spacial score (nSPS) is 15.3. The molecule has 2 aromatic heterocycles. The lowest BCUT2D eigenvalue weighted by Crippen LogP contribution is -2.40. The van der Waals surface area contributed by atoms with Crippen molar-refractivity contribution in [1.82, 2.24) is 20.4 Å². The number of nitrogens with one attached hydrogen (secondary N) is 1. The molecule has 0 saturated carbocycles. The summed E-state index contributed by atoms with van der Waals surface area (Å²) in [6.45, 7) is 2.75. The van der Waals surface area contributed by atoms with Gasteiger partial charge in [0.15, 0.2) is 0 Å². The topological polar surface area (TPSA) is 71.3 Å². The number of carbonyl (C=O) groups is 1. The Morgan fingerprint density at radius 1 is 1.46 bits per heavy atom. The Hall–Kier alpha value is -1.44. The zero-order valence-electron chi connectivity index (χ0n) is 13.7. The van der Waals surface area contributed by atoms with E-state index in [1.165, 1.54) is 0 Å². The van der Waals surface area contributed by atoms with E-state index in [1.807, 2.05) is 29.5 Å². The molecule has 24 heavy (non-hydrogen) atoms. The van der Waals surface area contributed by atoms with Crippen molar-refractivity contribution >= 4 is 29.7 Å². The van der Waals surface area contributed by atoms with Gasteiger partial charge in [0.05, 0.1) is 4.88 Å². The lowest BCUT2D eigenvalue weighted by atomic mass is 9.96. The van der Waals surface area contributed by atoms with Crippen LogP contribution < -0.4 is 5.32 Å². The highest BCUT2D eigenvalue weighted by Gasteiger charge is 2.22. The molecule has 1 N–H and O–H groups in total. The third-order valence-electron chi connectivity index (χ3n) is 4.22. The Morgan fingerprint density at radius 3 is 2.92 bits per heavy atom. The Kier molecular flexibility index (Phi) is 7.20. The Morgan fingerprint density at radius 2 is 2.25 bits per heavy atom. The molecule has 2 aromatic rings. The van der Waals surface area contributed by atoms with Crippen molar-refractivity contribution in [1.29, 1.82) is 0 Å². The van der Waals surface area contributed by atoms with Crippen molar-refractivity contribution in [2.24, 2.45) is 5.92 Å². The monoisotopic (exact) mass is 370 g/mol. The van der Waals surface area contributed by atoms with Crippen molar-refractivity contribution in [3.05, 3.63) is 23.4 Å². The van der Waals surface area contributed by atoms with E-state index in [1.54, 1.807) is 11.3 Å². The van der Waals surface area contributed by atoms with Crippen molar-refractivity contribution in [3.8, 4) is 10.7 Å². The number of amides is 1. The number of nitrogens with zero attached hydrogens (tertiary/aromatic N) is 3. The number of rotatable bonds is 6. The number of likely N-dealkylation sites (tertiary alicyclic amines) is 1. The first kappa shape index (κ1) is 18.9. The first-order valence-electron chi connectivity index (χ1n) is 8.05. The van der Waals surface area contributed by atoms with Crippen molar-refractivity contribution in [2.45, 2.75) is 25.7 Å². The van der Waals surface area contributed by atoms with Crippen LogP contribution in [0.25, 0.3) is 10.7 Å². The van der Waals surface area contributed by atoms with Crippen LogP contribution in [0.5, 0.6) is 0 Å². The molecule has 8 heteroatoms. The third-order valence-corrected chi connectivity index (χ3v) is 5.09. The molecule has 1 aliphatic heterocycles. The van der Waals surface area contributed by atoms with E-state index in [4.69, 9.17) is 4.52 Å². The molecule has 3 heterocycles.